The molecule has 9 nitrogen and oxygen atoms in total. The summed E-state index contributed by atoms with van der Waals surface area (Å²) in [7, 11) is 0. The molecule has 138 valence electrons. The number of halogens is 1. The monoisotopic (exact) mass is 422 g/mol. The van der Waals surface area contributed by atoms with Gasteiger partial charge < -0.3 is 15.4 Å². The molecule has 0 aliphatic carbocycles. The predicted octanol–water partition coefficient (Wildman–Crippen LogP) is 2.63. The molecule has 0 amide bonds. The second kappa shape index (κ2) is 8.88. The summed E-state index contributed by atoms with van der Waals surface area (Å²) >= 11 is 3.38. The number of nitro groups is 1. The lowest BCUT2D eigenvalue weighted by molar-refractivity contribution is -0.383. The topological polar surface area (TPSA) is 105 Å². The lowest BCUT2D eigenvalue weighted by Crippen LogP contribution is -2.39. The minimum atomic E-state index is -0.475. The average molecular weight is 423 g/mol. The minimum Gasteiger partial charge on any atom is -0.379 e. The smallest absolute Gasteiger partial charge is 0.353 e. The summed E-state index contributed by atoms with van der Waals surface area (Å²) < 4.78 is 6.18. The molecule has 1 fully saturated rings. The van der Waals surface area contributed by atoms with E-state index in [0.29, 0.717) is 25.4 Å². The van der Waals surface area contributed by atoms with Crippen LogP contribution in [0.3, 0.4) is 0 Å². The molecular weight excluding hydrogens is 404 g/mol. The minimum absolute atomic E-state index is 0.150. The van der Waals surface area contributed by atoms with Gasteiger partial charge in [-0.25, -0.2) is 9.97 Å². The average Bonchev–Trinajstić information content (AvgIpc) is 2.62. The third kappa shape index (κ3) is 4.87. The molecule has 0 spiro atoms. The van der Waals surface area contributed by atoms with Gasteiger partial charge in [0.2, 0.25) is 11.6 Å². The van der Waals surface area contributed by atoms with Crippen molar-refractivity contribution in [2.75, 3.05) is 50.0 Å². The molecule has 2 heterocycles. The number of hydrogen-bond donors (Lipinski definition) is 2. The fourth-order valence-electron chi connectivity index (χ4n) is 2.63. The highest BCUT2D eigenvalue weighted by atomic mass is 79.9. The van der Waals surface area contributed by atoms with Crippen molar-refractivity contribution in [3.8, 4) is 0 Å². The molecule has 1 saturated heterocycles. The van der Waals surface area contributed by atoms with Gasteiger partial charge in [0.1, 0.15) is 6.33 Å². The maximum absolute atomic E-state index is 11.6. The molecule has 1 aromatic carbocycles. The first-order chi connectivity index (χ1) is 12.6. The number of anilines is 3. The Hall–Kier alpha value is -2.30. The molecule has 26 heavy (non-hydrogen) atoms. The highest BCUT2D eigenvalue weighted by Crippen LogP contribution is 2.31. The number of nitrogens with one attached hydrogen (secondary N) is 2. The van der Waals surface area contributed by atoms with Crippen LogP contribution >= 0.6 is 15.9 Å². The van der Waals surface area contributed by atoms with Crippen LogP contribution in [0.1, 0.15) is 0 Å². The number of morpholine rings is 1. The summed E-state index contributed by atoms with van der Waals surface area (Å²) in [5, 5.41) is 17.6. The van der Waals surface area contributed by atoms with Crippen molar-refractivity contribution in [3.63, 3.8) is 0 Å². The standard InChI is InChI=1S/C16H19BrN6O3/c17-12-2-1-3-13(10-12)21-16-14(23(24)25)15(19-11-20-16)18-4-5-22-6-8-26-9-7-22/h1-3,10-11H,4-9H2,(H2,18,19,20,21). The van der Waals surface area contributed by atoms with Crippen LogP contribution in [0.5, 0.6) is 0 Å². The summed E-state index contributed by atoms with van der Waals surface area (Å²) in [6, 6.07) is 7.33. The van der Waals surface area contributed by atoms with Crippen LogP contribution in [0.25, 0.3) is 0 Å². The fourth-order valence-corrected chi connectivity index (χ4v) is 3.03. The molecule has 3 rings (SSSR count). The molecule has 1 aromatic heterocycles. The summed E-state index contributed by atoms with van der Waals surface area (Å²) in [5.41, 5.74) is 0.523. The highest BCUT2D eigenvalue weighted by Gasteiger charge is 2.23. The summed E-state index contributed by atoms with van der Waals surface area (Å²) in [6.45, 7) is 4.47. The lowest BCUT2D eigenvalue weighted by atomic mass is 10.3. The second-order valence-electron chi connectivity index (χ2n) is 5.69. The number of nitrogens with zero attached hydrogens (tertiary/aromatic N) is 4. The third-order valence-corrected chi connectivity index (χ3v) is 4.41. The Morgan fingerprint density at radius 2 is 2.04 bits per heavy atom. The number of rotatable bonds is 7. The van der Waals surface area contributed by atoms with E-state index in [-0.39, 0.29) is 17.3 Å². The maximum atomic E-state index is 11.6. The molecule has 10 heteroatoms. The van der Waals surface area contributed by atoms with Gasteiger partial charge in [-0.1, -0.05) is 22.0 Å². The molecule has 0 bridgehead atoms. The number of ether oxygens (including phenoxy) is 1. The van der Waals surface area contributed by atoms with Gasteiger partial charge in [0.05, 0.1) is 18.1 Å². The van der Waals surface area contributed by atoms with Crippen LogP contribution in [0, 0.1) is 10.1 Å². The third-order valence-electron chi connectivity index (χ3n) is 3.92. The van der Waals surface area contributed by atoms with E-state index in [2.05, 4.69) is 41.4 Å². The van der Waals surface area contributed by atoms with E-state index in [1.54, 1.807) is 0 Å². The van der Waals surface area contributed by atoms with Crippen molar-refractivity contribution in [1.29, 1.82) is 0 Å². The highest BCUT2D eigenvalue weighted by molar-refractivity contribution is 9.10. The molecule has 2 aromatic rings. The van der Waals surface area contributed by atoms with Gasteiger partial charge in [-0.2, -0.15) is 0 Å². The maximum Gasteiger partial charge on any atom is 0.353 e. The van der Waals surface area contributed by atoms with Crippen LogP contribution in [0.2, 0.25) is 0 Å². The predicted molar refractivity (Wildman–Crippen MR) is 102 cm³/mol. The van der Waals surface area contributed by atoms with E-state index >= 15 is 0 Å². The molecule has 0 saturated carbocycles. The molecule has 0 unspecified atom stereocenters. The largest absolute Gasteiger partial charge is 0.379 e. The van der Waals surface area contributed by atoms with Crippen LogP contribution in [-0.4, -0.2) is 59.2 Å². The first kappa shape index (κ1) is 18.5. The zero-order valence-corrected chi connectivity index (χ0v) is 15.6. The molecule has 0 atom stereocenters. The van der Waals surface area contributed by atoms with E-state index in [4.69, 9.17) is 4.74 Å². The van der Waals surface area contributed by atoms with Crippen molar-refractivity contribution in [1.82, 2.24) is 14.9 Å². The summed E-state index contributed by atoms with van der Waals surface area (Å²) in [5.74, 6) is 0.354. The van der Waals surface area contributed by atoms with Gasteiger partial charge >= 0.3 is 5.69 Å². The fraction of sp³-hybridized carbons (Fsp3) is 0.375. The number of hydrogen-bond acceptors (Lipinski definition) is 8. The van der Waals surface area contributed by atoms with Gasteiger partial charge in [-0.15, -0.1) is 0 Å². The SMILES string of the molecule is O=[N+]([O-])c1c(NCCN2CCOCC2)ncnc1Nc1cccc(Br)c1. The van der Waals surface area contributed by atoms with Crippen molar-refractivity contribution >= 4 is 38.9 Å². The van der Waals surface area contributed by atoms with E-state index in [1.165, 1.54) is 6.33 Å². The van der Waals surface area contributed by atoms with Crippen LogP contribution in [0.15, 0.2) is 35.1 Å². The number of benzene rings is 1. The Bertz CT molecular complexity index is 769. The van der Waals surface area contributed by atoms with E-state index < -0.39 is 4.92 Å². The zero-order valence-electron chi connectivity index (χ0n) is 14.0. The molecule has 1 aliphatic heterocycles. The van der Waals surface area contributed by atoms with Gasteiger partial charge in [0.25, 0.3) is 0 Å². The molecule has 0 radical (unpaired) electrons. The van der Waals surface area contributed by atoms with Gasteiger partial charge in [-0.05, 0) is 18.2 Å². The Labute approximate surface area is 159 Å². The van der Waals surface area contributed by atoms with Gasteiger partial charge in [0, 0.05) is 36.3 Å². The quantitative estimate of drug-likeness (QED) is 0.517. The van der Waals surface area contributed by atoms with E-state index in [9.17, 15) is 10.1 Å². The van der Waals surface area contributed by atoms with Crippen LogP contribution in [0.4, 0.5) is 23.0 Å². The second-order valence-corrected chi connectivity index (χ2v) is 6.61. The molecule has 1 aliphatic rings. The first-order valence-corrected chi connectivity index (χ1v) is 8.99. The Kier molecular flexibility index (Phi) is 6.31. The van der Waals surface area contributed by atoms with E-state index in [1.807, 2.05) is 24.3 Å². The zero-order chi connectivity index (χ0) is 18.4. The number of aromatic nitrogens is 2. The first-order valence-electron chi connectivity index (χ1n) is 8.19. The van der Waals surface area contributed by atoms with Gasteiger partial charge in [-0.3, -0.25) is 15.0 Å². The van der Waals surface area contributed by atoms with E-state index in [0.717, 1.165) is 24.1 Å². The van der Waals surface area contributed by atoms with Crippen LogP contribution in [-0.2, 0) is 4.74 Å². The van der Waals surface area contributed by atoms with Crippen LogP contribution < -0.4 is 10.6 Å². The molecular formula is C16H19BrN6O3. The summed E-state index contributed by atoms with van der Waals surface area (Å²) in [4.78, 5) is 21.4. The van der Waals surface area contributed by atoms with Crippen molar-refractivity contribution < 1.29 is 9.66 Å². The summed E-state index contributed by atoms with van der Waals surface area (Å²) in [6.07, 6.45) is 1.31. The van der Waals surface area contributed by atoms with Crippen molar-refractivity contribution in [2.45, 2.75) is 0 Å². The molecule has 2 N–H and O–H groups in total. The Morgan fingerprint density at radius 3 is 2.77 bits per heavy atom. The lowest BCUT2D eigenvalue weighted by Gasteiger charge is -2.26. The van der Waals surface area contributed by atoms with Gasteiger partial charge in [0.15, 0.2) is 0 Å². The van der Waals surface area contributed by atoms with Crippen molar-refractivity contribution in [3.05, 3.63) is 45.2 Å². The normalized spacial score (nSPS) is 14.8. The Balaban J connectivity index is 1.72. The van der Waals surface area contributed by atoms with Crippen molar-refractivity contribution in [2.24, 2.45) is 0 Å². The Morgan fingerprint density at radius 1 is 1.27 bits per heavy atom.